The largest absolute Gasteiger partial charge is 0.458 e. The molecular weight excluding hydrogens is 282 g/mol. The Balaban J connectivity index is 1.53. The summed E-state index contributed by atoms with van der Waals surface area (Å²) in [6.07, 6.45) is 5.51. The zero-order valence-electron chi connectivity index (χ0n) is 12.7. The first kappa shape index (κ1) is 13.7. The molecule has 22 heavy (non-hydrogen) atoms. The Hall–Kier alpha value is -1.95. The number of esters is 1. The Bertz CT molecular complexity index is 724. The molecule has 6 nitrogen and oxygen atoms in total. The van der Waals surface area contributed by atoms with Crippen molar-refractivity contribution in [3.63, 3.8) is 0 Å². The van der Waals surface area contributed by atoms with E-state index in [1.165, 1.54) is 0 Å². The molecule has 1 saturated heterocycles. The molecule has 2 aromatic heterocycles. The first-order valence-electron chi connectivity index (χ1n) is 7.69. The number of hydrogen-bond donors (Lipinski definition) is 0. The van der Waals surface area contributed by atoms with Crippen molar-refractivity contribution in [2.24, 2.45) is 11.3 Å². The summed E-state index contributed by atoms with van der Waals surface area (Å²) in [7, 11) is 0. The third-order valence-corrected chi connectivity index (χ3v) is 4.98. The van der Waals surface area contributed by atoms with Crippen LogP contribution in [-0.4, -0.2) is 39.4 Å². The van der Waals surface area contributed by atoms with Crippen molar-refractivity contribution in [3.05, 3.63) is 30.2 Å². The van der Waals surface area contributed by atoms with Crippen LogP contribution in [0.3, 0.4) is 0 Å². The molecule has 0 spiro atoms. The van der Waals surface area contributed by atoms with Crippen LogP contribution in [0.25, 0.3) is 5.65 Å². The van der Waals surface area contributed by atoms with E-state index in [-0.39, 0.29) is 23.6 Å². The predicted molar refractivity (Wildman–Crippen MR) is 78.4 cm³/mol. The molecule has 6 heteroatoms. The standard InChI is InChI=1S/C16H19N3O3/c1-16(2)13-11(4-3-7-21-13)14(16)22-15(20)10-5-6-12-18-17-9-19(12)8-10/h5-6,8-9,11,13-14H,3-4,7H2,1-2H3/t11-,13-,14+/m1/s1. The number of fused-ring (bicyclic) bond motifs is 2. The van der Waals surface area contributed by atoms with Crippen molar-refractivity contribution in [3.8, 4) is 0 Å². The van der Waals surface area contributed by atoms with E-state index in [1.54, 1.807) is 29.1 Å². The van der Waals surface area contributed by atoms with Crippen LogP contribution in [0.1, 0.15) is 37.0 Å². The molecule has 1 aliphatic carbocycles. The predicted octanol–water partition coefficient (Wildman–Crippen LogP) is 2.09. The van der Waals surface area contributed by atoms with Gasteiger partial charge in [0.05, 0.1) is 11.7 Å². The highest BCUT2D eigenvalue weighted by atomic mass is 16.6. The Labute approximate surface area is 128 Å². The van der Waals surface area contributed by atoms with Crippen LogP contribution in [-0.2, 0) is 9.47 Å². The minimum atomic E-state index is -0.294. The van der Waals surface area contributed by atoms with Crippen molar-refractivity contribution in [2.75, 3.05) is 6.61 Å². The minimum absolute atomic E-state index is 0.0816. The monoisotopic (exact) mass is 301 g/mol. The second-order valence-corrected chi connectivity index (χ2v) is 6.76. The fourth-order valence-electron chi connectivity index (χ4n) is 3.85. The zero-order valence-corrected chi connectivity index (χ0v) is 12.7. The minimum Gasteiger partial charge on any atom is -0.458 e. The summed E-state index contributed by atoms with van der Waals surface area (Å²) >= 11 is 0. The lowest BCUT2D eigenvalue weighted by atomic mass is 9.57. The molecule has 2 fully saturated rings. The van der Waals surface area contributed by atoms with Crippen LogP contribution < -0.4 is 0 Å². The molecule has 2 aromatic rings. The Morgan fingerprint density at radius 1 is 1.45 bits per heavy atom. The number of carbonyl (C=O) groups excluding carboxylic acids is 1. The molecule has 0 aromatic carbocycles. The number of hydrogen-bond acceptors (Lipinski definition) is 5. The van der Waals surface area contributed by atoms with Gasteiger partial charge >= 0.3 is 5.97 Å². The van der Waals surface area contributed by atoms with E-state index < -0.39 is 0 Å². The molecule has 0 N–H and O–H groups in total. The normalized spacial score (nSPS) is 29.6. The van der Waals surface area contributed by atoms with E-state index >= 15 is 0 Å². The summed E-state index contributed by atoms with van der Waals surface area (Å²) in [6.45, 7) is 5.04. The van der Waals surface area contributed by atoms with Gasteiger partial charge in [-0.15, -0.1) is 10.2 Å². The molecule has 4 rings (SSSR count). The van der Waals surface area contributed by atoms with Gasteiger partial charge in [-0.2, -0.15) is 0 Å². The molecule has 2 aliphatic rings. The number of carbonyl (C=O) groups is 1. The topological polar surface area (TPSA) is 65.7 Å². The molecular formula is C16H19N3O3. The van der Waals surface area contributed by atoms with Gasteiger partial charge in [0.1, 0.15) is 12.4 Å². The van der Waals surface area contributed by atoms with E-state index in [2.05, 4.69) is 24.0 Å². The first-order chi connectivity index (χ1) is 10.6. The number of ether oxygens (including phenoxy) is 2. The van der Waals surface area contributed by atoms with Gasteiger partial charge in [0.25, 0.3) is 0 Å². The van der Waals surface area contributed by atoms with Gasteiger partial charge in [-0.05, 0) is 25.0 Å². The van der Waals surface area contributed by atoms with Gasteiger partial charge in [0.15, 0.2) is 5.65 Å². The molecule has 3 heterocycles. The fraction of sp³-hybridized carbons (Fsp3) is 0.562. The maximum absolute atomic E-state index is 12.5. The molecule has 0 bridgehead atoms. The lowest BCUT2D eigenvalue weighted by molar-refractivity contribution is -0.243. The first-order valence-corrected chi connectivity index (χ1v) is 7.69. The second kappa shape index (κ2) is 4.78. The van der Waals surface area contributed by atoms with Crippen LogP contribution in [0, 0.1) is 11.3 Å². The van der Waals surface area contributed by atoms with E-state index in [4.69, 9.17) is 9.47 Å². The Morgan fingerprint density at radius 3 is 3.18 bits per heavy atom. The highest BCUT2D eigenvalue weighted by Gasteiger charge is 2.60. The summed E-state index contributed by atoms with van der Waals surface area (Å²) < 4.78 is 13.4. The summed E-state index contributed by atoms with van der Waals surface area (Å²) in [6, 6.07) is 3.49. The highest BCUT2D eigenvalue weighted by molar-refractivity contribution is 5.89. The van der Waals surface area contributed by atoms with Gasteiger partial charge in [-0.1, -0.05) is 13.8 Å². The summed E-state index contributed by atoms with van der Waals surface area (Å²) in [4.78, 5) is 12.5. The molecule has 0 amide bonds. The molecule has 0 unspecified atom stereocenters. The fourth-order valence-corrected chi connectivity index (χ4v) is 3.85. The van der Waals surface area contributed by atoms with Crippen molar-refractivity contribution < 1.29 is 14.3 Å². The summed E-state index contributed by atoms with van der Waals surface area (Å²) in [5.74, 6) is 0.0315. The van der Waals surface area contributed by atoms with E-state index in [0.717, 1.165) is 19.4 Å². The molecule has 116 valence electrons. The average molecular weight is 301 g/mol. The van der Waals surface area contributed by atoms with E-state index in [0.29, 0.717) is 17.1 Å². The maximum atomic E-state index is 12.5. The van der Waals surface area contributed by atoms with Crippen molar-refractivity contribution in [1.82, 2.24) is 14.6 Å². The van der Waals surface area contributed by atoms with Crippen molar-refractivity contribution >= 4 is 11.6 Å². The smallest absolute Gasteiger partial charge is 0.339 e. The van der Waals surface area contributed by atoms with E-state index in [1.807, 2.05) is 0 Å². The number of aromatic nitrogens is 3. The van der Waals surface area contributed by atoms with E-state index in [9.17, 15) is 4.79 Å². The van der Waals surface area contributed by atoms with Crippen molar-refractivity contribution in [2.45, 2.75) is 38.9 Å². The quantitative estimate of drug-likeness (QED) is 0.795. The zero-order chi connectivity index (χ0) is 15.3. The third-order valence-electron chi connectivity index (χ3n) is 4.98. The van der Waals surface area contributed by atoms with Gasteiger partial charge < -0.3 is 9.47 Å². The van der Waals surface area contributed by atoms with Gasteiger partial charge in [-0.25, -0.2) is 4.79 Å². The molecule has 1 aliphatic heterocycles. The number of nitrogens with zero attached hydrogens (tertiary/aromatic N) is 3. The highest BCUT2D eigenvalue weighted by Crippen LogP contribution is 2.53. The Morgan fingerprint density at radius 2 is 2.32 bits per heavy atom. The summed E-state index contributed by atoms with van der Waals surface area (Å²) in [5, 5.41) is 7.74. The van der Waals surface area contributed by atoms with Crippen LogP contribution in [0.15, 0.2) is 24.7 Å². The average Bonchev–Trinajstić information content (AvgIpc) is 3.00. The number of pyridine rings is 1. The molecule has 0 radical (unpaired) electrons. The third kappa shape index (κ3) is 1.94. The van der Waals surface area contributed by atoms with Crippen LogP contribution in [0.4, 0.5) is 0 Å². The lowest BCUT2D eigenvalue weighted by Crippen LogP contribution is -2.65. The summed E-state index contributed by atoms with van der Waals surface area (Å²) in [5.41, 5.74) is 1.10. The van der Waals surface area contributed by atoms with Gasteiger partial charge in [0.2, 0.25) is 0 Å². The van der Waals surface area contributed by atoms with Crippen LogP contribution in [0.2, 0.25) is 0 Å². The van der Waals surface area contributed by atoms with Crippen molar-refractivity contribution in [1.29, 1.82) is 0 Å². The van der Waals surface area contributed by atoms with Crippen LogP contribution in [0.5, 0.6) is 0 Å². The SMILES string of the molecule is CC1(C)[C@@H]2OCCC[C@H]2[C@@H]1OC(=O)c1ccc2nncn2c1. The lowest BCUT2D eigenvalue weighted by Gasteiger charge is -2.58. The van der Waals surface area contributed by atoms with Gasteiger partial charge in [-0.3, -0.25) is 4.40 Å². The van der Waals surface area contributed by atoms with Gasteiger partial charge in [0, 0.05) is 24.1 Å². The second-order valence-electron chi connectivity index (χ2n) is 6.76. The molecule has 1 saturated carbocycles. The van der Waals surface area contributed by atoms with Crippen LogP contribution >= 0.6 is 0 Å². The number of rotatable bonds is 2. The maximum Gasteiger partial charge on any atom is 0.339 e. The Kier molecular flexibility index (Phi) is 2.97. The molecule has 3 atom stereocenters.